The maximum Gasteiger partial charge on any atom is 0.138 e. The number of rotatable bonds is 8. The first-order valence-electron chi connectivity index (χ1n) is 6.77. The highest BCUT2D eigenvalue weighted by atomic mass is 35.5. The van der Waals surface area contributed by atoms with Gasteiger partial charge in [0.15, 0.2) is 0 Å². The van der Waals surface area contributed by atoms with Gasteiger partial charge in [-0.15, -0.1) is 0 Å². The van der Waals surface area contributed by atoms with E-state index in [-0.39, 0.29) is 12.0 Å². The van der Waals surface area contributed by atoms with Crippen LogP contribution in [0.1, 0.15) is 32.3 Å². The highest BCUT2D eigenvalue weighted by Gasteiger charge is 2.22. The number of aromatic nitrogens is 2. The zero-order valence-corrected chi connectivity index (χ0v) is 13.6. The molecule has 1 aromatic rings. The average molecular weight is 302 g/mol. The van der Waals surface area contributed by atoms with Crippen molar-refractivity contribution < 1.29 is 9.47 Å². The minimum Gasteiger partial charge on any atom is -0.383 e. The molecule has 6 heteroatoms. The van der Waals surface area contributed by atoms with Crippen molar-refractivity contribution >= 4 is 17.4 Å². The second-order valence-electron chi connectivity index (χ2n) is 5.05. The zero-order valence-electron chi connectivity index (χ0n) is 12.9. The Balaban J connectivity index is 3.15. The molecule has 0 saturated carbocycles. The van der Waals surface area contributed by atoms with Crippen molar-refractivity contribution in [3.05, 3.63) is 17.0 Å². The Morgan fingerprint density at radius 2 is 1.90 bits per heavy atom. The van der Waals surface area contributed by atoms with Gasteiger partial charge in [0, 0.05) is 26.3 Å². The molecule has 0 aliphatic carbocycles. The Bertz CT molecular complexity index is 415. The van der Waals surface area contributed by atoms with Gasteiger partial charge in [0.2, 0.25) is 0 Å². The average Bonchev–Trinajstić information content (AvgIpc) is 2.39. The molecule has 0 saturated heterocycles. The van der Waals surface area contributed by atoms with Crippen LogP contribution in [-0.2, 0) is 9.47 Å². The summed E-state index contributed by atoms with van der Waals surface area (Å²) in [6.07, 6.45) is 1.50. The van der Waals surface area contributed by atoms with Crippen LogP contribution in [0.15, 0.2) is 6.33 Å². The van der Waals surface area contributed by atoms with Crippen molar-refractivity contribution in [2.75, 3.05) is 38.9 Å². The van der Waals surface area contributed by atoms with Crippen LogP contribution in [0.4, 0.5) is 5.82 Å². The second kappa shape index (κ2) is 8.39. The normalized spacial score (nSPS) is 12.8. The Morgan fingerprint density at radius 1 is 1.20 bits per heavy atom. The van der Waals surface area contributed by atoms with Gasteiger partial charge in [-0.25, -0.2) is 9.97 Å². The fourth-order valence-electron chi connectivity index (χ4n) is 2.15. The third-order valence-corrected chi connectivity index (χ3v) is 3.44. The van der Waals surface area contributed by atoms with Crippen LogP contribution in [-0.4, -0.2) is 50.0 Å². The van der Waals surface area contributed by atoms with Crippen LogP contribution in [0, 0.1) is 0 Å². The fraction of sp³-hybridized carbons (Fsp3) is 0.714. The summed E-state index contributed by atoms with van der Waals surface area (Å²) in [7, 11) is 3.39. The third-order valence-electron chi connectivity index (χ3n) is 3.14. The van der Waals surface area contributed by atoms with Gasteiger partial charge in [-0.2, -0.15) is 0 Å². The number of anilines is 1. The molecule has 20 heavy (non-hydrogen) atoms. The predicted molar refractivity (Wildman–Crippen MR) is 81.7 cm³/mol. The maximum atomic E-state index is 6.24. The van der Waals surface area contributed by atoms with Crippen molar-refractivity contribution in [1.29, 1.82) is 0 Å². The molecule has 0 bridgehead atoms. The van der Waals surface area contributed by atoms with E-state index in [1.54, 1.807) is 14.2 Å². The van der Waals surface area contributed by atoms with Gasteiger partial charge < -0.3 is 14.4 Å². The summed E-state index contributed by atoms with van der Waals surface area (Å²) in [5, 5.41) is 0.511. The van der Waals surface area contributed by atoms with Crippen molar-refractivity contribution in [3.63, 3.8) is 0 Å². The Morgan fingerprint density at radius 3 is 2.45 bits per heavy atom. The van der Waals surface area contributed by atoms with Crippen molar-refractivity contribution in [2.24, 2.45) is 0 Å². The molecule has 1 heterocycles. The van der Waals surface area contributed by atoms with Crippen LogP contribution in [0.2, 0.25) is 5.15 Å². The van der Waals surface area contributed by atoms with Gasteiger partial charge in [0.1, 0.15) is 17.3 Å². The van der Waals surface area contributed by atoms with E-state index in [9.17, 15) is 0 Å². The lowest BCUT2D eigenvalue weighted by Gasteiger charge is -2.32. The molecule has 5 nitrogen and oxygen atoms in total. The Kier molecular flexibility index (Phi) is 7.19. The van der Waals surface area contributed by atoms with Gasteiger partial charge >= 0.3 is 0 Å². The van der Waals surface area contributed by atoms with Crippen LogP contribution in [0.5, 0.6) is 0 Å². The highest BCUT2D eigenvalue weighted by molar-refractivity contribution is 6.30. The number of ether oxygens (including phenoxy) is 2. The molecule has 0 aromatic carbocycles. The quantitative estimate of drug-likeness (QED) is 0.691. The van der Waals surface area contributed by atoms with E-state index < -0.39 is 0 Å². The molecule has 0 aliphatic rings. The molecule has 1 rings (SSSR count). The summed E-state index contributed by atoms with van der Waals surface area (Å²) in [6, 6.07) is 0.179. The van der Waals surface area contributed by atoms with Crippen LogP contribution >= 0.6 is 11.6 Å². The summed E-state index contributed by atoms with van der Waals surface area (Å²) < 4.78 is 10.5. The number of hydrogen-bond donors (Lipinski definition) is 0. The fourth-order valence-corrected chi connectivity index (χ4v) is 2.49. The molecular weight excluding hydrogens is 278 g/mol. The summed E-state index contributed by atoms with van der Waals surface area (Å²) in [5.74, 6) is 1.11. The standard InChI is InChI=1S/C14H24ClN3O2/c1-10(2)12-13(15)16-9-17-14(12)18(6-7-19-4)11(3)8-20-5/h9-11H,6-8H2,1-5H3. The number of nitrogens with zero attached hydrogens (tertiary/aromatic N) is 3. The number of hydrogen-bond acceptors (Lipinski definition) is 5. The lowest BCUT2D eigenvalue weighted by atomic mass is 10.0. The van der Waals surface area contributed by atoms with Crippen molar-refractivity contribution in [3.8, 4) is 0 Å². The molecule has 0 N–H and O–H groups in total. The molecule has 0 aliphatic heterocycles. The SMILES string of the molecule is COCCN(c1ncnc(Cl)c1C(C)C)C(C)COC. The van der Waals surface area contributed by atoms with Gasteiger partial charge in [-0.3, -0.25) is 0 Å². The predicted octanol–water partition coefficient (Wildman–Crippen LogP) is 2.74. The van der Waals surface area contributed by atoms with Crippen LogP contribution < -0.4 is 4.90 Å². The van der Waals surface area contributed by atoms with E-state index in [0.29, 0.717) is 18.4 Å². The first-order chi connectivity index (χ1) is 9.52. The van der Waals surface area contributed by atoms with Gasteiger partial charge in [-0.1, -0.05) is 25.4 Å². The lowest BCUT2D eigenvalue weighted by Crippen LogP contribution is -2.40. The molecule has 0 radical (unpaired) electrons. The van der Waals surface area contributed by atoms with Gasteiger partial charge in [-0.05, 0) is 12.8 Å². The minimum absolute atomic E-state index is 0.179. The van der Waals surface area contributed by atoms with Gasteiger partial charge in [0.05, 0.1) is 19.3 Å². The molecule has 114 valence electrons. The van der Waals surface area contributed by atoms with E-state index in [0.717, 1.165) is 17.9 Å². The van der Waals surface area contributed by atoms with Gasteiger partial charge in [0.25, 0.3) is 0 Å². The third kappa shape index (κ3) is 4.30. The molecule has 1 unspecified atom stereocenters. The summed E-state index contributed by atoms with van der Waals surface area (Å²) in [5.41, 5.74) is 0.966. The zero-order chi connectivity index (χ0) is 15.1. The van der Waals surface area contributed by atoms with Crippen LogP contribution in [0.3, 0.4) is 0 Å². The van der Waals surface area contributed by atoms with Crippen molar-refractivity contribution in [1.82, 2.24) is 9.97 Å². The summed E-state index contributed by atoms with van der Waals surface area (Å²) >= 11 is 6.24. The highest BCUT2D eigenvalue weighted by Crippen LogP contribution is 2.31. The van der Waals surface area contributed by atoms with E-state index in [1.165, 1.54) is 6.33 Å². The van der Waals surface area contributed by atoms with Crippen molar-refractivity contribution in [2.45, 2.75) is 32.7 Å². The summed E-state index contributed by atoms with van der Waals surface area (Å²) in [4.78, 5) is 10.7. The molecular formula is C14H24ClN3O2. The topological polar surface area (TPSA) is 47.5 Å². The van der Waals surface area contributed by atoms with Crippen LogP contribution in [0.25, 0.3) is 0 Å². The van der Waals surface area contributed by atoms with E-state index in [4.69, 9.17) is 21.1 Å². The number of methoxy groups -OCH3 is 2. The molecule has 0 fully saturated rings. The summed E-state index contributed by atoms with van der Waals surface area (Å²) in [6.45, 7) is 8.23. The first kappa shape index (κ1) is 17.1. The minimum atomic E-state index is 0.179. The first-order valence-corrected chi connectivity index (χ1v) is 7.15. The van der Waals surface area contributed by atoms with E-state index in [1.807, 2.05) is 0 Å². The second-order valence-corrected chi connectivity index (χ2v) is 5.41. The Hall–Kier alpha value is -0.910. The Labute approximate surface area is 126 Å². The maximum absolute atomic E-state index is 6.24. The smallest absolute Gasteiger partial charge is 0.138 e. The molecule has 0 spiro atoms. The number of halogens is 1. The molecule has 0 amide bonds. The monoisotopic (exact) mass is 301 g/mol. The lowest BCUT2D eigenvalue weighted by molar-refractivity contribution is 0.170. The molecule has 1 aromatic heterocycles. The molecule has 1 atom stereocenters. The van der Waals surface area contributed by atoms with E-state index in [2.05, 4.69) is 35.6 Å². The van der Waals surface area contributed by atoms with E-state index >= 15 is 0 Å². The largest absolute Gasteiger partial charge is 0.383 e.